The molecule has 0 atom stereocenters. The van der Waals surface area contributed by atoms with Crippen molar-refractivity contribution in [3.05, 3.63) is 0 Å². The molecule has 0 rings (SSSR count). The smallest absolute Gasteiger partial charge is 0.223 e. The molecule has 0 bridgehead atoms. The van der Waals surface area contributed by atoms with E-state index in [0.717, 1.165) is 0 Å². The fourth-order valence-electron chi connectivity index (χ4n) is 0.448. The topological polar surface area (TPSA) is 34.1 Å². The van der Waals surface area contributed by atoms with Crippen molar-refractivity contribution in [2.45, 2.75) is 25.5 Å². The predicted octanol–water partition coefficient (Wildman–Crippen LogP) is 1.42. The van der Waals surface area contributed by atoms with Crippen molar-refractivity contribution in [1.82, 2.24) is 0 Å². The third kappa shape index (κ3) is 2.21. The third-order valence-electron chi connectivity index (χ3n) is 1.02. The molecule has 0 aromatic rings. The minimum absolute atomic E-state index is 0.228. The highest BCUT2D eigenvalue weighted by molar-refractivity contribution is 7.92. The lowest BCUT2D eigenvalue weighted by Crippen LogP contribution is -2.27. The maximum Gasteiger partial charge on any atom is 0.342 e. The van der Waals surface area contributed by atoms with Gasteiger partial charge in [-0.2, -0.15) is 8.78 Å². The SMILES string of the molecule is CCCS(=O)(=O)C(C)(F)F. The van der Waals surface area contributed by atoms with Gasteiger partial charge in [0.2, 0.25) is 9.84 Å². The van der Waals surface area contributed by atoms with Gasteiger partial charge in [-0.25, -0.2) is 8.42 Å². The summed E-state index contributed by atoms with van der Waals surface area (Å²) in [5, 5.41) is -3.58. The molecule has 0 aliphatic carbocycles. The Kier molecular flexibility index (Phi) is 2.76. The quantitative estimate of drug-likeness (QED) is 0.645. The first-order chi connectivity index (χ1) is 4.31. The first-order valence-electron chi connectivity index (χ1n) is 2.91. The van der Waals surface area contributed by atoms with E-state index < -0.39 is 20.8 Å². The molecule has 0 fully saturated rings. The number of alkyl halides is 2. The normalized spacial score (nSPS) is 13.6. The molecule has 0 aromatic heterocycles. The van der Waals surface area contributed by atoms with Crippen molar-refractivity contribution >= 4 is 9.84 Å². The summed E-state index contributed by atoms with van der Waals surface area (Å²) >= 11 is 0. The van der Waals surface area contributed by atoms with E-state index in [1.807, 2.05) is 0 Å². The first-order valence-corrected chi connectivity index (χ1v) is 4.56. The zero-order valence-corrected chi connectivity index (χ0v) is 6.71. The van der Waals surface area contributed by atoms with Gasteiger partial charge in [0, 0.05) is 6.92 Å². The molecule has 0 saturated carbocycles. The molecule has 0 N–H and O–H groups in total. The molecule has 2 nitrogen and oxygen atoms in total. The lowest BCUT2D eigenvalue weighted by Gasteiger charge is -2.09. The van der Waals surface area contributed by atoms with E-state index >= 15 is 0 Å². The van der Waals surface area contributed by atoms with Gasteiger partial charge in [-0.1, -0.05) is 6.92 Å². The van der Waals surface area contributed by atoms with Gasteiger partial charge in [0.05, 0.1) is 5.75 Å². The lowest BCUT2D eigenvalue weighted by atomic mass is 10.6. The zero-order valence-electron chi connectivity index (χ0n) is 5.89. The second kappa shape index (κ2) is 2.82. The Morgan fingerprint density at radius 1 is 1.40 bits per heavy atom. The lowest BCUT2D eigenvalue weighted by molar-refractivity contribution is 0.114. The van der Waals surface area contributed by atoms with E-state index in [1.165, 1.54) is 0 Å². The Hall–Kier alpha value is -0.190. The summed E-state index contributed by atoms with van der Waals surface area (Å²) in [5.41, 5.74) is 0. The van der Waals surface area contributed by atoms with Gasteiger partial charge in [-0.3, -0.25) is 0 Å². The van der Waals surface area contributed by atoms with E-state index in [1.54, 1.807) is 6.92 Å². The molecule has 5 heteroatoms. The summed E-state index contributed by atoms with van der Waals surface area (Å²) in [7, 11) is -4.18. The van der Waals surface area contributed by atoms with Gasteiger partial charge in [0.15, 0.2) is 0 Å². The highest BCUT2D eigenvalue weighted by Crippen LogP contribution is 2.21. The maximum atomic E-state index is 12.1. The summed E-state index contributed by atoms with van der Waals surface area (Å²) in [6.45, 7) is 1.95. The van der Waals surface area contributed by atoms with Crippen LogP contribution in [0.15, 0.2) is 0 Å². The van der Waals surface area contributed by atoms with Crippen LogP contribution in [0.25, 0.3) is 0 Å². The number of hydrogen-bond donors (Lipinski definition) is 0. The molecule has 0 aliphatic rings. The van der Waals surface area contributed by atoms with E-state index in [9.17, 15) is 17.2 Å². The van der Waals surface area contributed by atoms with E-state index in [2.05, 4.69) is 0 Å². The minimum Gasteiger partial charge on any atom is -0.223 e. The van der Waals surface area contributed by atoms with Crippen molar-refractivity contribution < 1.29 is 17.2 Å². The summed E-state index contributed by atoms with van der Waals surface area (Å²) < 4.78 is 45.2. The Bertz CT molecular complexity index is 190. The van der Waals surface area contributed by atoms with Crippen molar-refractivity contribution in [2.75, 3.05) is 5.75 Å². The molecular weight excluding hydrogens is 162 g/mol. The standard InChI is InChI=1S/C5H10F2O2S/c1-3-4-10(8,9)5(2,6)7/h3-4H2,1-2H3. The average Bonchev–Trinajstić information content (AvgIpc) is 1.61. The summed E-state index contributed by atoms with van der Waals surface area (Å²) in [5.74, 6) is -0.448. The average molecular weight is 172 g/mol. The fourth-order valence-corrected chi connectivity index (χ4v) is 1.34. The molecular formula is C5H10F2O2S. The number of sulfone groups is 1. The van der Waals surface area contributed by atoms with Gasteiger partial charge < -0.3 is 0 Å². The molecule has 0 amide bonds. The minimum atomic E-state index is -4.18. The Balaban J connectivity index is 4.44. The van der Waals surface area contributed by atoms with Crippen LogP contribution in [-0.4, -0.2) is 19.4 Å². The van der Waals surface area contributed by atoms with E-state index in [0.29, 0.717) is 6.92 Å². The van der Waals surface area contributed by atoms with Gasteiger partial charge >= 0.3 is 5.25 Å². The molecule has 10 heavy (non-hydrogen) atoms. The zero-order chi connectivity index (χ0) is 8.41. The van der Waals surface area contributed by atoms with Crippen LogP contribution in [0.5, 0.6) is 0 Å². The summed E-state index contributed by atoms with van der Waals surface area (Å²) in [6.07, 6.45) is 0.228. The number of hydrogen-bond acceptors (Lipinski definition) is 2. The predicted molar refractivity (Wildman–Crippen MR) is 34.7 cm³/mol. The number of halogens is 2. The maximum absolute atomic E-state index is 12.1. The summed E-state index contributed by atoms with van der Waals surface area (Å²) in [4.78, 5) is 0. The van der Waals surface area contributed by atoms with Crippen LogP contribution in [0.4, 0.5) is 8.78 Å². The second-order valence-electron chi connectivity index (χ2n) is 2.13. The molecule has 0 spiro atoms. The van der Waals surface area contributed by atoms with Crippen molar-refractivity contribution in [3.8, 4) is 0 Å². The summed E-state index contributed by atoms with van der Waals surface area (Å²) in [6, 6.07) is 0. The van der Waals surface area contributed by atoms with Crippen molar-refractivity contribution in [3.63, 3.8) is 0 Å². The Morgan fingerprint density at radius 2 is 1.80 bits per heavy atom. The molecule has 0 saturated heterocycles. The largest absolute Gasteiger partial charge is 0.342 e. The molecule has 0 heterocycles. The Morgan fingerprint density at radius 3 is 1.90 bits per heavy atom. The van der Waals surface area contributed by atoms with Crippen LogP contribution in [-0.2, 0) is 9.84 Å². The third-order valence-corrected chi connectivity index (χ3v) is 3.06. The van der Waals surface area contributed by atoms with Gasteiger partial charge in [-0.05, 0) is 6.42 Å². The van der Waals surface area contributed by atoms with Crippen LogP contribution < -0.4 is 0 Å². The van der Waals surface area contributed by atoms with Crippen molar-refractivity contribution in [2.24, 2.45) is 0 Å². The molecule has 0 aromatic carbocycles. The van der Waals surface area contributed by atoms with Crippen LogP contribution in [0, 0.1) is 0 Å². The highest BCUT2D eigenvalue weighted by atomic mass is 32.2. The van der Waals surface area contributed by atoms with Crippen LogP contribution >= 0.6 is 0 Å². The van der Waals surface area contributed by atoms with Crippen molar-refractivity contribution in [1.29, 1.82) is 0 Å². The molecule has 62 valence electrons. The second-order valence-corrected chi connectivity index (χ2v) is 4.48. The van der Waals surface area contributed by atoms with Crippen LogP contribution in [0.1, 0.15) is 20.3 Å². The molecule has 0 aliphatic heterocycles. The van der Waals surface area contributed by atoms with Gasteiger partial charge in [-0.15, -0.1) is 0 Å². The molecule has 0 radical (unpaired) electrons. The highest BCUT2D eigenvalue weighted by Gasteiger charge is 2.37. The van der Waals surface area contributed by atoms with E-state index in [-0.39, 0.29) is 6.42 Å². The van der Waals surface area contributed by atoms with E-state index in [4.69, 9.17) is 0 Å². The molecule has 0 unspecified atom stereocenters. The monoisotopic (exact) mass is 172 g/mol. The Labute approximate surface area is 59.2 Å². The number of rotatable bonds is 3. The van der Waals surface area contributed by atoms with Crippen LogP contribution in [0.3, 0.4) is 0 Å². The first kappa shape index (κ1) is 9.81. The fraction of sp³-hybridized carbons (Fsp3) is 1.00. The van der Waals surface area contributed by atoms with Gasteiger partial charge in [0.25, 0.3) is 0 Å². The van der Waals surface area contributed by atoms with Crippen LogP contribution in [0.2, 0.25) is 0 Å². The van der Waals surface area contributed by atoms with Gasteiger partial charge in [0.1, 0.15) is 0 Å².